The molecule has 3 nitrogen and oxygen atoms in total. The standard InChI is InChI=1S/C15H21BrFNO2S/c1-18-15(13-9-11(17)6-7-14(13)16)10-4-3-5-12(8-10)21(2,19)20/h6-7,9-10,12,15,18H,3-5,8H2,1-2H3. The van der Waals surface area contributed by atoms with Crippen molar-refractivity contribution in [2.75, 3.05) is 13.3 Å². The summed E-state index contributed by atoms with van der Waals surface area (Å²) < 4.78 is 38.0. The summed E-state index contributed by atoms with van der Waals surface area (Å²) in [5.74, 6) is -0.0782. The molecule has 2 rings (SSSR count). The number of hydrogen-bond acceptors (Lipinski definition) is 3. The lowest BCUT2D eigenvalue weighted by atomic mass is 9.81. The topological polar surface area (TPSA) is 46.2 Å². The van der Waals surface area contributed by atoms with E-state index in [2.05, 4.69) is 21.2 Å². The second kappa shape index (κ2) is 6.75. The Bertz CT molecular complexity index is 606. The molecule has 21 heavy (non-hydrogen) atoms. The minimum absolute atomic E-state index is 0.0420. The molecule has 118 valence electrons. The summed E-state index contributed by atoms with van der Waals surface area (Å²) in [6.07, 6.45) is 4.53. The average Bonchev–Trinajstić information content (AvgIpc) is 2.43. The zero-order valence-electron chi connectivity index (χ0n) is 12.3. The molecule has 1 aromatic rings. The number of benzene rings is 1. The average molecular weight is 378 g/mol. The van der Waals surface area contributed by atoms with E-state index < -0.39 is 9.84 Å². The van der Waals surface area contributed by atoms with Crippen molar-refractivity contribution in [2.24, 2.45) is 5.92 Å². The maximum atomic E-state index is 13.5. The maximum absolute atomic E-state index is 13.5. The van der Waals surface area contributed by atoms with E-state index in [1.165, 1.54) is 18.4 Å². The molecule has 1 aromatic carbocycles. The SMILES string of the molecule is CNC(c1cc(F)ccc1Br)C1CCCC(S(C)(=O)=O)C1. The van der Waals surface area contributed by atoms with Crippen molar-refractivity contribution in [1.82, 2.24) is 5.32 Å². The lowest BCUT2D eigenvalue weighted by Gasteiger charge is -2.34. The van der Waals surface area contributed by atoms with Gasteiger partial charge in [-0.1, -0.05) is 22.4 Å². The molecule has 3 unspecified atom stereocenters. The van der Waals surface area contributed by atoms with Crippen LogP contribution in [0.5, 0.6) is 0 Å². The second-order valence-electron chi connectivity index (χ2n) is 5.81. The number of halogens is 2. The zero-order valence-corrected chi connectivity index (χ0v) is 14.7. The Hall–Kier alpha value is -0.460. The summed E-state index contributed by atoms with van der Waals surface area (Å²) in [6, 6.07) is 4.60. The molecule has 6 heteroatoms. The lowest BCUT2D eigenvalue weighted by Crippen LogP contribution is -2.34. The van der Waals surface area contributed by atoms with Crippen LogP contribution >= 0.6 is 15.9 Å². The van der Waals surface area contributed by atoms with Gasteiger partial charge in [-0.2, -0.15) is 0 Å². The first kappa shape index (κ1) is 16.9. The van der Waals surface area contributed by atoms with Gasteiger partial charge in [-0.15, -0.1) is 0 Å². The van der Waals surface area contributed by atoms with E-state index in [4.69, 9.17) is 0 Å². The fraction of sp³-hybridized carbons (Fsp3) is 0.600. The molecule has 0 amide bonds. The van der Waals surface area contributed by atoms with Gasteiger partial charge in [-0.05, 0) is 56.0 Å². The van der Waals surface area contributed by atoms with Crippen molar-refractivity contribution in [3.63, 3.8) is 0 Å². The maximum Gasteiger partial charge on any atom is 0.150 e. The number of rotatable bonds is 4. The third kappa shape index (κ3) is 4.05. The third-order valence-electron chi connectivity index (χ3n) is 4.35. The van der Waals surface area contributed by atoms with Gasteiger partial charge in [0.15, 0.2) is 0 Å². The molecule has 1 N–H and O–H groups in total. The van der Waals surface area contributed by atoms with Crippen LogP contribution < -0.4 is 5.32 Å². The first-order valence-corrected chi connectivity index (χ1v) is 9.88. The quantitative estimate of drug-likeness (QED) is 0.873. The summed E-state index contributed by atoms with van der Waals surface area (Å²) in [4.78, 5) is 0. The van der Waals surface area contributed by atoms with Gasteiger partial charge in [0.2, 0.25) is 0 Å². The smallest absolute Gasteiger partial charge is 0.150 e. The Kier molecular flexibility index (Phi) is 5.43. The van der Waals surface area contributed by atoms with E-state index in [0.717, 1.165) is 29.3 Å². The minimum atomic E-state index is -3.01. The highest BCUT2D eigenvalue weighted by molar-refractivity contribution is 9.10. The van der Waals surface area contributed by atoms with Crippen molar-refractivity contribution >= 4 is 25.8 Å². The highest BCUT2D eigenvalue weighted by atomic mass is 79.9. The molecular weight excluding hydrogens is 357 g/mol. The number of sulfone groups is 1. The molecule has 0 spiro atoms. The van der Waals surface area contributed by atoms with E-state index >= 15 is 0 Å². The van der Waals surface area contributed by atoms with Crippen LogP contribution in [0.25, 0.3) is 0 Å². The van der Waals surface area contributed by atoms with Crippen LogP contribution in [-0.2, 0) is 9.84 Å². The van der Waals surface area contributed by atoms with Crippen LogP contribution in [0.1, 0.15) is 37.3 Å². The molecule has 1 aliphatic rings. The van der Waals surface area contributed by atoms with Crippen LogP contribution in [0.2, 0.25) is 0 Å². The van der Waals surface area contributed by atoms with Gasteiger partial charge < -0.3 is 5.32 Å². The predicted octanol–water partition coefficient (Wildman–Crippen LogP) is 3.45. The van der Waals surface area contributed by atoms with E-state index in [-0.39, 0.29) is 23.0 Å². The molecule has 1 saturated carbocycles. The molecule has 1 fully saturated rings. The second-order valence-corrected chi connectivity index (χ2v) is 8.99. The zero-order chi connectivity index (χ0) is 15.6. The van der Waals surface area contributed by atoms with E-state index in [1.54, 1.807) is 6.07 Å². The van der Waals surface area contributed by atoms with Gasteiger partial charge in [-0.3, -0.25) is 0 Å². The Morgan fingerprint density at radius 2 is 2.10 bits per heavy atom. The highest BCUT2D eigenvalue weighted by Crippen LogP contribution is 2.38. The van der Waals surface area contributed by atoms with Gasteiger partial charge in [0.05, 0.1) is 5.25 Å². The van der Waals surface area contributed by atoms with Crippen molar-refractivity contribution in [2.45, 2.75) is 37.0 Å². The van der Waals surface area contributed by atoms with Crippen LogP contribution in [0.15, 0.2) is 22.7 Å². The largest absolute Gasteiger partial charge is 0.313 e. The summed E-state index contributed by atoms with van der Waals surface area (Å²) >= 11 is 3.47. The van der Waals surface area contributed by atoms with Gasteiger partial charge in [0.25, 0.3) is 0 Å². The van der Waals surface area contributed by atoms with E-state index in [1.807, 2.05) is 7.05 Å². The molecular formula is C15H21BrFNO2S. The van der Waals surface area contributed by atoms with Crippen molar-refractivity contribution in [1.29, 1.82) is 0 Å². The van der Waals surface area contributed by atoms with Crippen molar-refractivity contribution < 1.29 is 12.8 Å². The minimum Gasteiger partial charge on any atom is -0.313 e. The Balaban J connectivity index is 2.27. The van der Waals surface area contributed by atoms with Crippen LogP contribution in [0, 0.1) is 11.7 Å². The van der Waals surface area contributed by atoms with Gasteiger partial charge >= 0.3 is 0 Å². The summed E-state index contributed by atoms with van der Waals surface area (Å²) in [5, 5.41) is 2.96. The fourth-order valence-electron chi connectivity index (χ4n) is 3.27. The van der Waals surface area contributed by atoms with Gasteiger partial charge in [0.1, 0.15) is 15.7 Å². The first-order valence-electron chi connectivity index (χ1n) is 7.14. The molecule has 0 saturated heterocycles. The van der Waals surface area contributed by atoms with E-state index in [9.17, 15) is 12.8 Å². The summed E-state index contributed by atoms with van der Waals surface area (Å²) in [6.45, 7) is 0. The monoisotopic (exact) mass is 377 g/mol. The molecule has 0 aromatic heterocycles. The first-order chi connectivity index (χ1) is 9.82. The fourth-order valence-corrected chi connectivity index (χ4v) is 4.96. The summed E-state index contributed by atoms with van der Waals surface area (Å²) in [7, 11) is -1.18. The third-order valence-corrected chi connectivity index (χ3v) is 6.71. The number of hydrogen-bond donors (Lipinski definition) is 1. The summed E-state index contributed by atoms with van der Waals surface area (Å²) in [5.41, 5.74) is 0.858. The molecule has 0 heterocycles. The van der Waals surface area contributed by atoms with Crippen molar-refractivity contribution in [3.8, 4) is 0 Å². The lowest BCUT2D eigenvalue weighted by molar-refractivity contribution is 0.281. The molecule has 3 atom stereocenters. The Morgan fingerprint density at radius 3 is 2.71 bits per heavy atom. The van der Waals surface area contributed by atoms with Crippen molar-refractivity contribution in [3.05, 3.63) is 34.1 Å². The van der Waals surface area contributed by atoms with Crippen LogP contribution in [0.4, 0.5) is 4.39 Å². The molecule has 1 aliphatic carbocycles. The molecule has 0 radical (unpaired) electrons. The predicted molar refractivity (Wildman–Crippen MR) is 86.5 cm³/mol. The molecule has 0 aliphatic heterocycles. The van der Waals surface area contributed by atoms with Crippen LogP contribution in [-0.4, -0.2) is 27.0 Å². The Morgan fingerprint density at radius 1 is 1.38 bits per heavy atom. The van der Waals surface area contributed by atoms with Gasteiger partial charge in [0, 0.05) is 16.8 Å². The Labute approximate surface area is 134 Å². The normalized spacial score (nSPS) is 24.8. The van der Waals surface area contributed by atoms with Gasteiger partial charge in [-0.25, -0.2) is 12.8 Å². The highest BCUT2D eigenvalue weighted by Gasteiger charge is 2.33. The molecule has 0 bridgehead atoms. The van der Waals surface area contributed by atoms with Crippen LogP contribution in [0.3, 0.4) is 0 Å². The van der Waals surface area contributed by atoms with E-state index in [0.29, 0.717) is 6.42 Å². The number of nitrogens with one attached hydrogen (secondary N) is 1.